The first kappa shape index (κ1) is 28.4. The Kier molecular flexibility index (Phi) is 7.38. The number of nitro benzene ring substituents is 1. The SMILES string of the molecule is O=[N+]([O-])c1ccccc1S(=O)(=O)N1CCc2c(oc3c(OCc4ccccc4)cc(NS(=O)(=O)c4ccccc4)cc23)C1. The van der Waals surface area contributed by atoms with Gasteiger partial charge in [-0.15, -0.1) is 0 Å². The van der Waals surface area contributed by atoms with Gasteiger partial charge in [-0.05, 0) is 36.2 Å². The van der Waals surface area contributed by atoms with Crippen molar-refractivity contribution in [1.82, 2.24) is 4.31 Å². The maximum absolute atomic E-state index is 13.5. The molecular weight excluding hydrogens is 594 g/mol. The summed E-state index contributed by atoms with van der Waals surface area (Å²) in [4.78, 5) is 10.5. The van der Waals surface area contributed by atoms with Gasteiger partial charge < -0.3 is 9.15 Å². The summed E-state index contributed by atoms with van der Waals surface area (Å²) in [7, 11) is -8.15. The van der Waals surface area contributed by atoms with Crippen LogP contribution in [0.15, 0.2) is 111 Å². The second-order valence-electron chi connectivity index (χ2n) is 9.86. The van der Waals surface area contributed by atoms with Gasteiger partial charge in [-0.3, -0.25) is 14.8 Å². The van der Waals surface area contributed by atoms with Gasteiger partial charge in [0.2, 0.25) is 10.0 Å². The van der Waals surface area contributed by atoms with E-state index in [9.17, 15) is 26.9 Å². The predicted octanol–water partition coefficient (Wildman–Crippen LogP) is 5.47. The van der Waals surface area contributed by atoms with Gasteiger partial charge in [-0.25, -0.2) is 16.8 Å². The van der Waals surface area contributed by atoms with Crippen LogP contribution in [-0.4, -0.2) is 32.6 Å². The molecule has 0 spiro atoms. The van der Waals surface area contributed by atoms with E-state index in [0.29, 0.717) is 22.3 Å². The zero-order valence-corrected chi connectivity index (χ0v) is 24.2. The lowest BCUT2D eigenvalue weighted by atomic mass is 10.0. The predicted molar refractivity (Wildman–Crippen MR) is 159 cm³/mol. The number of hydrogen-bond acceptors (Lipinski definition) is 8. The molecule has 1 aliphatic heterocycles. The van der Waals surface area contributed by atoms with Crippen molar-refractivity contribution in [2.24, 2.45) is 0 Å². The molecule has 5 aromatic rings. The number of anilines is 1. The third-order valence-corrected chi connectivity index (χ3v) is 10.4. The van der Waals surface area contributed by atoms with E-state index in [-0.39, 0.29) is 42.4 Å². The molecule has 11 nitrogen and oxygen atoms in total. The molecule has 13 heteroatoms. The fraction of sp³-hybridized carbons (Fsp3) is 0.133. The fourth-order valence-electron chi connectivity index (χ4n) is 5.03. The summed E-state index contributed by atoms with van der Waals surface area (Å²) in [5.74, 6) is 0.616. The van der Waals surface area contributed by atoms with Crippen molar-refractivity contribution in [3.05, 3.63) is 124 Å². The Labute approximate surface area is 247 Å². The van der Waals surface area contributed by atoms with Gasteiger partial charge in [0.05, 0.1) is 22.1 Å². The maximum Gasteiger partial charge on any atom is 0.289 e. The second-order valence-corrected chi connectivity index (χ2v) is 13.4. The third kappa shape index (κ3) is 5.57. The Bertz CT molecular complexity index is 2050. The lowest BCUT2D eigenvalue weighted by Gasteiger charge is -2.25. The molecule has 0 amide bonds. The van der Waals surface area contributed by atoms with E-state index in [2.05, 4.69) is 4.72 Å². The number of benzene rings is 4. The number of hydrogen-bond donors (Lipinski definition) is 1. The second kappa shape index (κ2) is 11.2. The maximum atomic E-state index is 13.5. The van der Waals surface area contributed by atoms with Gasteiger partial charge in [0.15, 0.2) is 16.2 Å². The average molecular weight is 620 g/mol. The van der Waals surface area contributed by atoms with Crippen molar-refractivity contribution >= 4 is 42.4 Å². The number of sulfonamides is 2. The van der Waals surface area contributed by atoms with Gasteiger partial charge in [0.1, 0.15) is 12.4 Å². The highest BCUT2D eigenvalue weighted by atomic mass is 32.2. The van der Waals surface area contributed by atoms with Crippen LogP contribution in [0.1, 0.15) is 16.9 Å². The quantitative estimate of drug-likeness (QED) is 0.169. The van der Waals surface area contributed by atoms with Crippen LogP contribution >= 0.6 is 0 Å². The molecule has 1 N–H and O–H groups in total. The minimum absolute atomic E-state index is 0.0379. The van der Waals surface area contributed by atoms with Crippen LogP contribution in [0.25, 0.3) is 11.0 Å². The molecule has 220 valence electrons. The number of rotatable bonds is 9. The molecule has 0 saturated carbocycles. The van der Waals surface area contributed by atoms with Gasteiger partial charge in [0.25, 0.3) is 15.7 Å². The van der Waals surface area contributed by atoms with Crippen molar-refractivity contribution in [2.75, 3.05) is 11.3 Å². The normalized spacial score (nSPS) is 13.9. The largest absolute Gasteiger partial charge is 0.485 e. The summed E-state index contributed by atoms with van der Waals surface area (Å²) < 4.78 is 69.3. The lowest BCUT2D eigenvalue weighted by Crippen LogP contribution is -2.35. The van der Waals surface area contributed by atoms with E-state index < -0.39 is 35.6 Å². The standard InChI is InChI=1S/C30H25N3O8S2/c34-33(35)26-13-7-8-14-29(26)43(38,39)32-16-15-24-25-17-22(31-42(36,37)23-11-5-2-6-12-23)18-27(30(25)41-28(24)19-32)40-20-21-9-3-1-4-10-21/h1-14,17-18,31H,15-16,19-20H2. The first-order valence-electron chi connectivity index (χ1n) is 13.2. The Morgan fingerprint density at radius 2 is 1.58 bits per heavy atom. The zero-order valence-electron chi connectivity index (χ0n) is 22.5. The number of nitrogens with one attached hydrogen (secondary N) is 1. The minimum Gasteiger partial charge on any atom is -0.485 e. The summed E-state index contributed by atoms with van der Waals surface area (Å²) >= 11 is 0. The third-order valence-electron chi connectivity index (χ3n) is 7.10. The Hall–Kier alpha value is -4.72. The Balaban J connectivity index is 1.39. The van der Waals surface area contributed by atoms with Gasteiger partial charge in [-0.1, -0.05) is 60.7 Å². The molecule has 1 aromatic heterocycles. The molecule has 0 radical (unpaired) electrons. The van der Waals surface area contributed by atoms with Crippen LogP contribution in [0, 0.1) is 10.1 Å². The van der Waals surface area contributed by atoms with Crippen molar-refractivity contribution in [3.63, 3.8) is 0 Å². The van der Waals surface area contributed by atoms with Crippen LogP contribution in [0.4, 0.5) is 11.4 Å². The van der Waals surface area contributed by atoms with Gasteiger partial charge in [-0.2, -0.15) is 4.31 Å². The highest BCUT2D eigenvalue weighted by molar-refractivity contribution is 7.92. The molecular formula is C30H25N3O8S2. The average Bonchev–Trinajstić information content (AvgIpc) is 3.38. The first-order valence-corrected chi connectivity index (χ1v) is 16.1. The summed E-state index contributed by atoms with van der Waals surface area (Å²) in [6.07, 6.45) is 0.231. The van der Waals surface area contributed by atoms with Crippen LogP contribution in [0.2, 0.25) is 0 Å². The van der Waals surface area contributed by atoms with Crippen molar-refractivity contribution in [3.8, 4) is 5.75 Å². The zero-order chi connectivity index (χ0) is 30.2. The van der Waals surface area contributed by atoms with Crippen molar-refractivity contribution < 1.29 is 30.9 Å². The molecule has 0 aliphatic carbocycles. The van der Waals surface area contributed by atoms with E-state index in [1.165, 1.54) is 36.4 Å². The van der Waals surface area contributed by atoms with E-state index in [1.54, 1.807) is 24.3 Å². The fourth-order valence-corrected chi connectivity index (χ4v) is 7.65. The molecule has 2 heterocycles. The molecule has 4 aromatic carbocycles. The van der Waals surface area contributed by atoms with E-state index >= 15 is 0 Å². The lowest BCUT2D eigenvalue weighted by molar-refractivity contribution is -0.387. The number of para-hydroxylation sites is 1. The monoisotopic (exact) mass is 619 g/mol. The van der Waals surface area contributed by atoms with E-state index in [4.69, 9.17) is 9.15 Å². The molecule has 43 heavy (non-hydrogen) atoms. The van der Waals surface area contributed by atoms with E-state index in [1.807, 2.05) is 30.3 Å². The van der Waals surface area contributed by atoms with Crippen LogP contribution in [0.3, 0.4) is 0 Å². The summed E-state index contributed by atoms with van der Waals surface area (Å²) in [5.41, 5.74) is 1.66. The minimum atomic E-state index is -4.23. The molecule has 1 aliphatic rings. The van der Waals surface area contributed by atoms with Gasteiger partial charge >= 0.3 is 0 Å². The highest BCUT2D eigenvalue weighted by Crippen LogP contribution is 2.40. The number of furan rings is 1. The number of fused-ring (bicyclic) bond motifs is 3. The number of ether oxygens (including phenoxy) is 1. The molecule has 0 fully saturated rings. The van der Waals surface area contributed by atoms with Crippen LogP contribution in [0.5, 0.6) is 5.75 Å². The molecule has 0 atom stereocenters. The Morgan fingerprint density at radius 3 is 2.30 bits per heavy atom. The number of nitro groups is 1. The molecule has 0 saturated heterocycles. The van der Waals surface area contributed by atoms with Crippen LogP contribution < -0.4 is 9.46 Å². The smallest absolute Gasteiger partial charge is 0.289 e. The van der Waals surface area contributed by atoms with Crippen LogP contribution in [-0.2, 0) is 39.6 Å². The first-order chi connectivity index (χ1) is 20.6. The van der Waals surface area contributed by atoms with Gasteiger partial charge in [0, 0.05) is 29.6 Å². The summed E-state index contributed by atoms with van der Waals surface area (Å²) in [6, 6.07) is 25.7. The highest BCUT2D eigenvalue weighted by Gasteiger charge is 2.36. The van der Waals surface area contributed by atoms with Crippen molar-refractivity contribution in [1.29, 1.82) is 0 Å². The Morgan fingerprint density at radius 1 is 0.907 bits per heavy atom. The van der Waals surface area contributed by atoms with Crippen molar-refractivity contribution in [2.45, 2.75) is 29.4 Å². The number of nitrogens with zero attached hydrogens (tertiary/aromatic N) is 2. The summed E-state index contributed by atoms with van der Waals surface area (Å²) in [5, 5.41) is 12.1. The molecule has 0 unspecified atom stereocenters. The molecule has 0 bridgehead atoms. The molecule has 6 rings (SSSR count). The topological polar surface area (TPSA) is 149 Å². The van der Waals surface area contributed by atoms with E-state index in [0.717, 1.165) is 15.9 Å². The summed E-state index contributed by atoms with van der Waals surface area (Å²) in [6.45, 7) is 0.0478.